The van der Waals surface area contributed by atoms with Gasteiger partial charge in [0, 0.05) is 12.6 Å². The highest BCUT2D eigenvalue weighted by molar-refractivity contribution is 6.26. The number of aromatic nitrogens is 1. The van der Waals surface area contributed by atoms with Crippen LogP contribution in [0.25, 0.3) is 0 Å². The molecule has 7 heteroatoms. The topological polar surface area (TPSA) is 82.6 Å². The molecule has 1 unspecified atom stereocenters. The van der Waals surface area contributed by atoms with E-state index in [1.165, 1.54) is 20.1 Å². The second kappa shape index (κ2) is 5.37. The molecule has 0 saturated heterocycles. The lowest BCUT2D eigenvalue weighted by molar-refractivity contribution is -0.0171. The zero-order valence-electron chi connectivity index (χ0n) is 10.1. The van der Waals surface area contributed by atoms with E-state index in [1.807, 2.05) is 17.8 Å². The largest absolute Gasteiger partial charge is 0.540 e. The van der Waals surface area contributed by atoms with Crippen LogP contribution < -0.4 is 0 Å². The van der Waals surface area contributed by atoms with Crippen LogP contribution in [-0.2, 0) is 10.3 Å². The summed E-state index contributed by atoms with van der Waals surface area (Å²) in [6.07, 6.45) is 7.98. The molecule has 18 heavy (non-hydrogen) atoms. The van der Waals surface area contributed by atoms with E-state index >= 15 is 0 Å². The van der Waals surface area contributed by atoms with Gasteiger partial charge in [-0.1, -0.05) is 13.0 Å². The number of rotatable bonds is 5. The van der Waals surface area contributed by atoms with Crippen LogP contribution in [0.2, 0.25) is 0 Å². The zero-order valence-corrected chi connectivity index (χ0v) is 10.1. The van der Waals surface area contributed by atoms with Gasteiger partial charge < -0.3 is 14.2 Å². The smallest absolute Gasteiger partial charge is 0.481 e. The van der Waals surface area contributed by atoms with Crippen molar-refractivity contribution in [3.63, 3.8) is 0 Å². The third-order valence-corrected chi connectivity index (χ3v) is 3.02. The molecule has 6 nitrogen and oxygen atoms in total. The summed E-state index contributed by atoms with van der Waals surface area (Å²) >= 11 is 0. The molecule has 0 amide bonds. The highest BCUT2D eigenvalue weighted by Gasteiger charge is 2.44. The maximum absolute atomic E-state index is 10.7. The van der Waals surface area contributed by atoms with Gasteiger partial charge in [-0.25, -0.2) is 4.98 Å². The maximum Gasteiger partial charge on any atom is 0.481 e. The monoisotopic (exact) mass is 248 g/mol. The molecular weight excluding hydrogens is 233 g/mol. The molecule has 1 aromatic rings. The van der Waals surface area contributed by atoms with E-state index in [0.29, 0.717) is 13.0 Å². The fourth-order valence-corrected chi connectivity index (χ4v) is 2.25. The minimum Gasteiger partial charge on any atom is -0.540 e. The predicted molar refractivity (Wildman–Crippen MR) is 65.9 cm³/mol. The zero-order chi connectivity index (χ0) is 13.0. The molecule has 1 aliphatic rings. The molecule has 0 fully saturated rings. The first-order valence-electron chi connectivity index (χ1n) is 5.76. The summed E-state index contributed by atoms with van der Waals surface area (Å²) in [6, 6.07) is -0.249. The first-order valence-corrected chi connectivity index (χ1v) is 5.76. The molecule has 0 bridgehead atoms. The van der Waals surface area contributed by atoms with Gasteiger partial charge in [-0.05, 0) is 12.5 Å². The molecule has 0 saturated carbocycles. The molecular formula is C11H15BN3O3. The Labute approximate surface area is 106 Å². The van der Waals surface area contributed by atoms with Gasteiger partial charge in [0.25, 0.3) is 0 Å². The lowest BCUT2D eigenvalue weighted by Crippen LogP contribution is -2.54. The molecule has 1 aromatic heterocycles. The number of nitrogens with one attached hydrogen (secondary N) is 1. The molecule has 0 aromatic carbocycles. The normalized spacial score (nSPS) is 28.0. The molecule has 0 spiro atoms. The van der Waals surface area contributed by atoms with Crippen LogP contribution >= 0.6 is 0 Å². The Morgan fingerprint density at radius 1 is 1.83 bits per heavy atom. The molecule has 2 atom stereocenters. The van der Waals surface area contributed by atoms with E-state index < -0.39 is 5.60 Å². The fourth-order valence-electron chi connectivity index (χ4n) is 2.25. The number of aliphatic hydroxyl groups is 1. The van der Waals surface area contributed by atoms with Crippen LogP contribution in [0.4, 0.5) is 0 Å². The van der Waals surface area contributed by atoms with Crippen LogP contribution in [0, 0.1) is 5.41 Å². The number of nitrogens with zero attached hydrogens (tertiary/aromatic N) is 2. The Balaban J connectivity index is 2.26. The quantitative estimate of drug-likeness (QED) is 0.346. The second-order valence-corrected chi connectivity index (χ2v) is 4.05. The Morgan fingerprint density at radius 2 is 2.67 bits per heavy atom. The minimum absolute atomic E-state index is 0.249. The van der Waals surface area contributed by atoms with Crippen molar-refractivity contribution in [3.8, 4) is 0 Å². The van der Waals surface area contributed by atoms with Gasteiger partial charge in [-0.2, -0.15) is 0 Å². The summed E-state index contributed by atoms with van der Waals surface area (Å²) in [5, 5.41) is 17.6. The standard InChI is InChI=1S/C11H15BN3O3/c1-2-9-11(16,10-14-5-7-17-10)4-3-6-15(9)12-18-8-13/h3-5,7-9,13,16H,2,6H2,1H3/t9-,11?/m1/s1. The van der Waals surface area contributed by atoms with Crippen molar-refractivity contribution in [2.24, 2.45) is 0 Å². The number of oxazole rings is 1. The highest BCUT2D eigenvalue weighted by Crippen LogP contribution is 2.33. The van der Waals surface area contributed by atoms with Gasteiger partial charge in [0.05, 0.1) is 6.20 Å². The third-order valence-electron chi connectivity index (χ3n) is 3.02. The SMILES string of the molecule is CC[C@H]1N([B]OC=N)CC=CC1(O)c1ncco1. The van der Waals surface area contributed by atoms with Crippen molar-refractivity contribution >= 4 is 14.0 Å². The van der Waals surface area contributed by atoms with Gasteiger partial charge in [0.1, 0.15) is 12.7 Å². The summed E-state index contributed by atoms with van der Waals surface area (Å²) in [6.45, 7) is 2.57. The highest BCUT2D eigenvalue weighted by atomic mass is 16.4. The summed E-state index contributed by atoms with van der Waals surface area (Å²) in [7, 11) is 1.43. The van der Waals surface area contributed by atoms with Crippen LogP contribution in [0.5, 0.6) is 0 Å². The number of hydrogen-bond acceptors (Lipinski definition) is 6. The third kappa shape index (κ3) is 2.19. The van der Waals surface area contributed by atoms with Gasteiger partial charge in [0.2, 0.25) is 5.89 Å². The molecule has 0 aliphatic carbocycles. The van der Waals surface area contributed by atoms with Gasteiger partial charge in [-0.3, -0.25) is 10.2 Å². The van der Waals surface area contributed by atoms with E-state index in [2.05, 4.69) is 4.98 Å². The van der Waals surface area contributed by atoms with Crippen molar-refractivity contribution in [2.75, 3.05) is 6.54 Å². The van der Waals surface area contributed by atoms with Crippen LogP contribution in [0.3, 0.4) is 0 Å². The lowest BCUT2D eigenvalue weighted by Gasteiger charge is -2.40. The predicted octanol–water partition coefficient (Wildman–Crippen LogP) is 0.670. The average Bonchev–Trinajstić information content (AvgIpc) is 2.90. The Kier molecular flexibility index (Phi) is 3.83. The Morgan fingerprint density at radius 3 is 3.28 bits per heavy atom. The molecule has 1 radical (unpaired) electrons. The average molecular weight is 248 g/mol. The summed E-state index contributed by atoms with van der Waals surface area (Å²) in [5.74, 6) is 0.263. The second-order valence-electron chi connectivity index (χ2n) is 4.05. The van der Waals surface area contributed by atoms with Crippen molar-refractivity contribution in [1.82, 2.24) is 9.79 Å². The van der Waals surface area contributed by atoms with E-state index in [9.17, 15) is 5.11 Å². The molecule has 1 aliphatic heterocycles. The summed E-state index contributed by atoms with van der Waals surface area (Å²) in [5.41, 5.74) is -1.28. The summed E-state index contributed by atoms with van der Waals surface area (Å²) < 4.78 is 10.1. The molecule has 2 N–H and O–H groups in total. The summed E-state index contributed by atoms with van der Waals surface area (Å²) in [4.78, 5) is 5.85. The van der Waals surface area contributed by atoms with E-state index in [1.54, 1.807) is 6.08 Å². The van der Waals surface area contributed by atoms with Crippen molar-refractivity contribution in [1.29, 1.82) is 5.41 Å². The van der Waals surface area contributed by atoms with Crippen molar-refractivity contribution in [3.05, 3.63) is 30.5 Å². The minimum atomic E-state index is -1.28. The van der Waals surface area contributed by atoms with Crippen molar-refractivity contribution in [2.45, 2.75) is 25.0 Å². The first kappa shape index (κ1) is 12.9. The van der Waals surface area contributed by atoms with E-state index in [4.69, 9.17) is 14.5 Å². The van der Waals surface area contributed by atoms with Crippen LogP contribution in [-0.4, -0.2) is 41.5 Å². The van der Waals surface area contributed by atoms with Gasteiger partial charge >= 0.3 is 7.62 Å². The Bertz CT molecular complexity index is 423. The molecule has 95 valence electrons. The van der Waals surface area contributed by atoms with Gasteiger partial charge in [0.15, 0.2) is 5.60 Å². The molecule has 2 heterocycles. The van der Waals surface area contributed by atoms with E-state index in [-0.39, 0.29) is 11.9 Å². The van der Waals surface area contributed by atoms with Crippen LogP contribution in [0.1, 0.15) is 19.2 Å². The molecule has 2 rings (SSSR count). The Hall–Kier alpha value is -1.60. The van der Waals surface area contributed by atoms with Gasteiger partial charge in [-0.15, -0.1) is 0 Å². The number of hydrogen-bond donors (Lipinski definition) is 2. The maximum atomic E-state index is 10.7. The fraction of sp³-hybridized carbons (Fsp3) is 0.455. The lowest BCUT2D eigenvalue weighted by atomic mass is 9.84. The van der Waals surface area contributed by atoms with Crippen LogP contribution in [0.15, 0.2) is 29.0 Å². The first-order chi connectivity index (χ1) is 8.72. The van der Waals surface area contributed by atoms with Crippen molar-refractivity contribution < 1.29 is 14.2 Å². The van der Waals surface area contributed by atoms with E-state index in [0.717, 1.165) is 6.40 Å².